The lowest BCUT2D eigenvalue weighted by atomic mass is 9.85. The van der Waals surface area contributed by atoms with Crippen LogP contribution in [-0.2, 0) is 0 Å². The van der Waals surface area contributed by atoms with Crippen molar-refractivity contribution in [2.75, 3.05) is 34.2 Å². The lowest BCUT2D eigenvalue weighted by Gasteiger charge is -2.35. The third-order valence-electron chi connectivity index (χ3n) is 3.58. The Bertz CT molecular complexity index is 215. The van der Waals surface area contributed by atoms with Gasteiger partial charge in [0.15, 0.2) is 0 Å². The highest BCUT2D eigenvalue weighted by Crippen LogP contribution is 2.27. The van der Waals surface area contributed by atoms with Crippen molar-refractivity contribution in [1.82, 2.24) is 9.80 Å². The lowest BCUT2D eigenvalue weighted by molar-refractivity contribution is 0.159. The van der Waals surface area contributed by atoms with Crippen molar-refractivity contribution in [1.29, 1.82) is 0 Å². The van der Waals surface area contributed by atoms with Crippen molar-refractivity contribution >= 4 is 0 Å². The highest BCUT2D eigenvalue weighted by atomic mass is 15.1. The van der Waals surface area contributed by atoms with Crippen LogP contribution in [-0.4, -0.2) is 50.1 Å². The van der Waals surface area contributed by atoms with Crippen LogP contribution in [0.25, 0.3) is 0 Å². The van der Waals surface area contributed by atoms with Crippen LogP contribution in [0.15, 0.2) is 12.2 Å². The van der Waals surface area contributed by atoms with E-state index < -0.39 is 0 Å². The van der Waals surface area contributed by atoms with E-state index >= 15 is 0 Å². The van der Waals surface area contributed by atoms with Crippen molar-refractivity contribution in [3.63, 3.8) is 0 Å². The largest absolute Gasteiger partial charge is 0.309 e. The summed E-state index contributed by atoms with van der Waals surface area (Å²) in [4.78, 5) is 4.80. The van der Waals surface area contributed by atoms with Gasteiger partial charge in [0.25, 0.3) is 0 Å². The maximum Gasteiger partial charge on any atom is 0.0187 e. The molecule has 0 bridgehead atoms. The molecule has 0 saturated heterocycles. The Hall–Kier alpha value is -0.340. The number of nitrogens with zero attached hydrogens (tertiary/aromatic N) is 2. The molecule has 0 aromatic rings. The molecule has 0 aliphatic heterocycles. The molecule has 94 valence electrons. The van der Waals surface area contributed by atoms with Crippen molar-refractivity contribution in [2.45, 2.75) is 38.6 Å². The summed E-state index contributed by atoms with van der Waals surface area (Å²) < 4.78 is 0. The fourth-order valence-electron chi connectivity index (χ4n) is 2.84. The Kier molecular flexibility index (Phi) is 5.50. The summed E-state index contributed by atoms with van der Waals surface area (Å²) in [6.07, 6.45) is 5.51. The van der Waals surface area contributed by atoms with Gasteiger partial charge >= 0.3 is 0 Å². The number of likely N-dealkylation sites (N-methyl/N-ethyl adjacent to an activating group) is 1. The van der Waals surface area contributed by atoms with Gasteiger partial charge in [0.1, 0.15) is 0 Å². The van der Waals surface area contributed by atoms with Crippen molar-refractivity contribution in [3.05, 3.63) is 12.2 Å². The molecule has 0 spiro atoms. The molecule has 0 aromatic carbocycles. The Morgan fingerprint density at radius 1 is 1.12 bits per heavy atom. The number of rotatable bonds is 5. The van der Waals surface area contributed by atoms with Gasteiger partial charge in [0.2, 0.25) is 0 Å². The monoisotopic (exact) mass is 224 g/mol. The molecule has 0 radical (unpaired) electrons. The quantitative estimate of drug-likeness (QED) is 0.662. The fourth-order valence-corrected chi connectivity index (χ4v) is 2.84. The Morgan fingerprint density at radius 3 is 2.12 bits per heavy atom. The fraction of sp³-hybridized carbons (Fsp3) is 0.857. The molecule has 2 nitrogen and oxygen atoms in total. The third-order valence-corrected chi connectivity index (χ3v) is 3.58. The minimum atomic E-state index is 0.787. The van der Waals surface area contributed by atoms with E-state index in [1.165, 1.54) is 37.8 Å². The van der Waals surface area contributed by atoms with Gasteiger partial charge in [-0.25, -0.2) is 0 Å². The average molecular weight is 224 g/mol. The smallest absolute Gasteiger partial charge is 0.0187 e. The van der Waals surface area contributed by atoms with Crippen LogP contribution < -0.4 is 0 Å². The summed E-state index contributed by atoms with van der Waals surface area (Å²) in [6, 6.07) is 0.787. The molecule has 2 heteroatoms. The third kappa shape index (κ3) is 4.67. The van der Waals surface area contributed by atoms with Crippen LogP contribution in [0.4, 0.5) is 0 Å². The molecule has 0 amide bonds. The molecule has 1 saturated carbocycles. The molecule has 0 aromatic heterocycles. The first-order chi connectivity index (χ1) is 7.49. The zero-order valence-corrected chi connectivity index (χ0v) is 11.5. The summed E-state index contributed by atoms with van der Waals surface area (Å²) >= 11 is 0. The van der Waals surface area contributed by atoms with Crippen LogP contribution in [0.1, 0.15) is 32.6 Å². The van der Waals surface area contributed by atoms with Gasteiger partial charge in [-0.15, -0.1) is 0 Å². The molecule has 0 unspecified atom stereocenters. The van der Waals surface area contributed by atoms with E-state index in [1.807, 2.05) is 0 Å². The molecular weight excluding hydrogens is 196 g/mol. The van der Waals surface area contributed by atoms with Crippen molar-refractivity contribution in [3.8, 4) is 0 Å². The first kappa shape index (κ1) is 13.7. The molecular formula is C14H28N2. The second kappa shape index (κ2) is 6.41. The molecule has 1 rings (SSSR count). The second-order valence-corrected chi connectivity index (χ2v) is 5.81. The van der Waals surface area contributed by atoms with Gasteiger partial charge in [-0.05, 0) is 59.7 Å². The first-order valence-electron chi connectivity index (χ1n) is 6.48. The first-order valence-corrected chi connectivity index (χ1v) is 6.48. The van der Waals surface area contributed by atoms with Gasteiger partial charge < -0.3 is 4.90 Å². The standard InChI is InChI=1S/C14H28N2/c1-12(2)10-16(5)14-8-6-13(7-9-14)11-15(3)4/h13-14H,1,6-11H2,2-5H3. The molecule has 0 heterocycles. The van der Waals surface area contributed by atoms with Crippen LogP contribution in [0.3, 0.4) is 0 Å². The SMILES string of the molecule is C=C(C)CN(C)C1CCC(CN(C)C)CC1. The topological polar surface area (TPSA) is 6.48 Å². The molecule has 1 fully saturated rings. The van der Waals surface area contributed by atoms with E-state index in [1.54, 1.807) is 0 Å². The minimum absolute atomic E-state index is 0.787. The molecule has 1 aliphatic carbocycles. The Balaban J connectivity index is 2.28. The van der Waals surface area contributed by atoms with Gasteiger partial charge in [0.05, 0.1) is 0 Å². The number of hydrogen-bond acceptors (Lipinski definition) is 2. The maximum atomic E-state index is 4.00. The molecule has 0 N–H and O–H groups in total. The summed E-state index contributed by atoms with van der Waals surface area (Å²) in [5, 5.41) is 0. The van der Waals surface area contributed by atoms with Gasteiger partial charge in [0, 0.05) is 19.1 Å². The predicted octanol–water partition coefficient (Wildman–Crippen LogP) is 2.61. The van der Waals surface area contributed by atoms with E-state index in [2.05, 4.69) is 44.4 Å². The highest BCUT2D eigenvalue weighted by Gasteiger charge is 2.23. The summed E-state index contributed by atoms with van der Waals surface area (Å²) in [7, 11) is 6.60. The van der Waals surface area contributed by atoms with Crippen LogP contribution in [0.5, 0.6) is 0 Å². The number of hydrogen-bond donors (Lipinski definition) is 0. The van der Waals surface area contributed by atoms with Crippen LogP contribution in [0.2, 0.25) is 0 Å². The molecule has 1 aliphatic rings. The summed E-state index contributed by atoms with van der Waals surface area (Å²) in [6.45, 7) is 8.43. The summed E-state index contributed by atoms with van der Waals surface area (Å²) in [5.41, 5.74) is 1.28. The molecule has 0 atom stereocenters. The highest BCUT2D eigenvalue weighted by molar-refractivity contribution is 4.93. The van der Waals surface area contributed by atoms with Crippen molar-refractivity contribution in [2.24, 2.45) is 5.92 Å². The van der Waals surface area contributed by atoms with Gasteiger partial charge in [-0.2, -0.15) is 0 Å². The van der Waals surface area contributed by atoms with Crippen molar-refractivity contribution < 1.29 is 0 Å². The Morgan fingerprint density at radius 2 is 1.69 bits per heavy atom. The second-order valence-electron chi connectivity index (χ2n) is 5.81. The predicted molar refractivity (Wildman–Crippen MR) is 71.7 cm³/mol. The zero-order chi connectivity index (χ0) is 12.1. The summed E-state index contributed by atoms with van der Waals surface area (Å²) in [5.74, 6) is 0.921. The molecule has 16 heavy (non-hydrogen) atoms. The van der Waals surface area contributed by atoms with Gasteiger partial charge in [-0.3, -0.25) is 4.90 Å². The maximum absolute atomic E-state index is 4.00. The van der Waals surface area contributed by atoms with E-state index in [-0.39, 0.29) is 0 Å². The van der Waals surface area contributed by atoms with Crippen LogP contribution in [0, 0.1) is 5.92 Å². The zero-order valence-electron chi connectivity index (χ0n) is 11.5. The normalized spacial score (nSPS) is 26.4. The Labute approximate surface area is 101 Å². The average Bonchev–Trinajstić information content (AvgIpc) is 2.16. The van der Waals surface area contributed by atoms with E-state index in [9.17, 15) is 0 Å². The van der Waals surface area contributed by atoms with Gasteiger partial charge in [-0.1, -0.05) is 12.2 Å². The van der Waals surface area contributed by atoms with Crippen LogP contribution >= 0.6 is 0 Å². The lowest BCUT2D eigenvalue weighted by Crippen LogP contribution is -2.37. The van der Waals surface area contributed by atoms with E-state index in [0.29, 0.717) is 0 Å². The minimum Gasteiger partial charge on any atom is -0.309 e. The van der Waals surface area contributed by atoms with E-state index in [4.69, 9.17) is 0 Å². The van der Waals surface area contributed by atoms with E-state index in [0.717, 1.165) is 18.5 Å².